The lowest BCUT2D eigenvalue weighted by molar-refractivity contribution is 0.165. The molecule has 0 amide bonds. The zero-order valence-corrected chi connectivity index (χ0v) is 14.1. The summed E-state index contributed by atoms with van der Waals surface area (Å²) in [4.78, 5) is 2.54. The molecule has 108 valence electrons. The van der Waals surface area contributed by atoms with Crippen molar-refractivity contribution in [3.8, 4) is 0 Å². The first-order valence-corrected chi connectivity index (χ1v) is 7.58. The molecule has 0 bridgehead atoms. The van der Waals surface area contributed by atoms with Gasteiger partial charge in [0.1, 0.15) is 0 Å². The fourth-order valence-electron chi connectivity index (χ4n) is 2.63. The summed E-state index contributed by atoms with van der Waals surface area (Å²) in [5, 5.41) is 0. The Morgan fingerprint density at radius 3 is 2.53 bits per heavy atom. The molecule has 19 heavy (non-hydrogen) atoms. The first-order valence-electron chi connectivity index (χ1n) is 6.79. The van der Waals surface area contributed by atoms with Crippen LogP contribution in [0.15, 0.2) is 22.7 Å². The molecular weight excluding hydrogens is 324 g/mol. The van der Waals surface area contributed by atoms with Gasteiger partial charge in [-0.25, -0.2) is 0 Å². The molecule has 0 saturated carbocycles. The van der Waals surface area contributed by atoms with E-state index in [-0.39, 0.29) is 12.4 Å². The van der Waals surface area contributed by atoms with Crippen LogP contribution in [0, 0.1) is 12.8 Å². The smallest absolute Gasteiger partial charge is 0.0234 e. The van der Waals surface area contributed by atoms with Crippen molar-refractivity contribution in [1.82, 2.24) is 4.90 Å². The van der Waals surface area contributed by atoms with Crippen LogP contribution in [-0.4, -0.2) is 24.0 Å². The maximum atomic E-state index is 5.98. The third-order valence-corrected chi connectivity index (χ3v) is 4.87. The van der Waals surface area contributed by atoms with Crippen LogP contribution in [0.4, 0.5) is 0 Å². The van der Waals surface area contributed by atoms with Gasteiger partial charge in [-0.3, -0.25) is 4.90 Å². The molecule has 0 aromatic heterocycles. The second-order valence-electron chi connectivity index (χ2n) is 5.56. The molecule has 1 heterocycles. The third-order valence-electron chi connectivity index (χ3n) is 4.02. The van der Waals surface area contributed by atoms with E-state index in [0.717, 1.165) is 6.54 Å². The monoisotopic (exact) mass is 346 g/mol. The summed E-state index contributed by atoms with van der Waals surface area (Å²) < 4.78 is 1.21. The SMILES string of the molecule is Cc1ccc(CN2CCC(C(C)N)CC2)cc1Br.Cl. The Kier molecular flexibility index (Phi) is 6.81. The molecule has 0 radical (unpaired) electrons. The summed E-state index contributed by atoms with van der Waals surface area (Å²) in [5.41, 5.74) is 8.67. The summed E-state index contributed by atoms with van der Waals surface area (Å²) in [5.74, 6) is 0.714. The van der Waals surface area contributed by atoms with Gasteiger partial charge in [0.2, 0.25) is 0 Å². The second kappa shape index (κ2) is 7.63. The van der Waals surface area contributed by atoms with Crippen molar-refractivity contribution in [2.75, 3.05) is 13.1 Å². The average Bonchev–Trinajstić information content (AvgIpc) is 2.34. The lowest BCUT2D eigenvalue weighted by Crippen LogP contribution is -2.39. The predicted molar refractivity (Wildman–Crippen MR) is 87.8 cm³/mol. The van der Waals surface area contributed by atoms with Gasteiger partial charge in [-0.15, -0.1) is 12.4 Å². The Bertz CT molecular complexity index is 401. The number of likely N-dealkylation sites (tertiary alicyclic amines) is 1. The number of rotatable bonds is 3. The fourth-order valence-corrected chi connectivity index (χ4v) is 3.06. The number of nitrogens with two attached hydrogens (primary N) is 1. The number of piperidine rings is 1. The largest absolute Gasteiger partial charge is 0.328 e. The lowest BCUT2D eigenvalue weighted by atomic mass is 9.91. The summed E-state index contributed by atoms with van der Waals surface area (Å²) >= 11 is 3.60. The highest BCUT2D eigenvalue weighted by Crippen LogP contribution is 2.23. The van der Waals surface area contributed by atoms with Gasteiger partial charge in [-0.05, 0) is 62.9 Å². The van der Waals surface area contributed by atoms with Crippen LogP contribution in [0.25, 0.3) is 0 Å². The molecule has 0 aliphatic carbocycles. The molecule has 1 unspecified atom stereocenters. The minimum atomic E-state index is 0. The summed E-state index contributed by atoms with van der Waals surface area (Å²) in [6, 6.07) is 7.01. The molecule has 1 aliphatic rings. The minimum Gasteiger partial charge on any atom is -0.328 e. The van der Waals surface area contributed by atoms with E-state index in [1.165, 1.54) is 41.5 Å². The van der Waals surface area contributed by atoms with Gasteiger partial charge in [0.25, 0.3) is 0 Å². The van der Waals surface area contributed by atoms with Crippen molar-refractivity contribution >= 4 is 28.3 Å². The first-order chi connectivity index (χ1) is 8.56. The molecule has 1 saturated heterocycles. The van der Waals surface area contributed by atoms with E-state index in [1.54, 1.807) is 0 Å². The number of halogens is 2. The van der Waals surface area contributed by atoms with Crippen molar-refractivity contribution in [1.29, 1.82) is 0 Å². The highest BCUT2D eigenvalue weighted by Gasteiger charge is 2.21. The van der Waals surface area contributed by atoms with E-state index in [9.17, 15) is 0 Å². The molecule has 2 nitrogen and oxygen atoms in total. The van der Waals surface area contributed by atoms with E-state index in [1.807, 2.05) is 0 Å². The molecule has 0 spiro atoms. The van der Waals surface area contributed by atoms with Gasteiger partial charge < -0.3 is 5.73 Å². The van der Waals surface area contributed by atoms with Crippen LogP contribution in [0.2, 0.25) is 0 Å². The number of aryl methyl sites for hydroxylation is 1. The zero-order chi connectivity index (χ0) is 13.1. The van der Waals surface area contributed by atoms with Crippen LogP contribution in [0.3, 0.4) is 0 Å². The highest BCUT2D eigenvalue weighted by atomic mass is 79.9. The molecule has 1 aromatic carbocycles. The molecule has 1 aromatic rings. The van der Waals surface area contributed by atoms with Crippen molar-refractivity contribution in [2.24, 2.45) is 11.7 Å². The van der Waals surface area contributed by atoms with Crippen molar-refractivity contribution in [2.45, 2.75) is 39.3 Å². The summed E-state index contributed by atoms with van der Waals surface area (Å²) in [6.45, 7) is 7.68. The van der Waals surface area contributed by atoms with Crippen LogP contribution in [0.5, 0.6) is 0 Å². The first kappa shape index (κ1) is 17.0. The van der Waals surface area contributed by atoms with E-state index in [4.69, 9.17) is 5.73 Å². The van der Waals surface area contributed by atoms with Gasteiger partial charge in [-0.1, -0.05) is 28.1 Å². The summed E-state index contributed by atoms with van der Waals surface area (Å²) in [7, 11) is 0. The third kappa shape index (κ3) is 4.75. The van der Waals surface area contributed by atoms with E-state index in [0.29, 0.717) is 12.0 Å². The Morgan fingerprint density at radius 2 is 2.00 bits per heavy atom. The molecule has 4 heteroatoms. The number of hydrogen-bond acceptors (Lipinski definition) is 2. The molecule has 2 N–H and O–H groups in total. The predicted octanol–water partition coefficient (Wildman–Crippen LogP) is 3.74. The van der Waals surface area contributed by atoms with E-state index >= 15 is 0 Å². The van der Waals surface area contributed by atoms with Crippen LogP contribution in [0.1, 0.15) is 30.9 Å². The van der Waals surface area contributed by atoms with Crippen molar-refractivity contribution < 1.29 is 0 Å². The van der Waals surface area contributed by atoms with Crippen LogP contribution >= 0.6 is 28.3 Å². The van der Waals surface area contributed by atoms with Gasteiger partial charge in [0, 0.05) is 17.1 Å². The molecule has 1 aliphatic heterocycles. The molecule has 2 rings (SSSR count). The van der Waals surface area contributed by atoms with E-state index in [2.05, 4.69) is 52.9 Å². The fraction of sp³-hybridized carbons (Fsp3) is 0.600. The van der Waals surface area contributed by atoms with Crippen LogP contribution in [-0.2, 0) is 6.54 Å². The van der Waals surface area contributed by atoms with Gasteiger partial charge in [0.05, 0.1) is 0 Å². The lowest BCUT2D eigenvalue weighted by Gasteiger charge is -2.33. The van der Waals surface area contributed by atoms with Crippen LogP contribution < -0.4 is 5.73 Å². The summed E-state index contributed by atoms with van der Waals surface area (Å²) in [6.07, 6.45) is 2.48. The number of nitrogens with zero attached hydrogens (tertiary/aromatic N) is 1. The van der Waals surface area contributed by atoms with Crippen molar-refractivity contribution in [3.05, 3.63) is 33.8 Å². The Balaban J connectivity index is 0.00000180. The Hall–Kier alpha value is -0.0900. The maximum Gasteiger partial charge on any atom is 0.0234 e. The topological polar surface area (TPSA) is 29.3 Å². The van der Waals surface area contributed by atoms with E-state index < -0.39 is 0 Å². The molecular formula is C15H24BrClN2. The zero-order valence-electron chi connectivity index (χ0n) is 11.7. The number of hydrogen-bond donors (Lipinski definition) is 1. The normalized spacial score (nSPS) is 18.9. The average molecular weight is 348 g/mol. The minimum absolute atomic E-state index is 0. The van der Waals surface area contributed by atoms with Crippen molar-refractivity contribution in [3.63, 3.8) is 0 Å². The second-order valence-corrected chi connectivity index (χ2v) is 6.41. The highest BCUT2D eigenvalue weighted by molar-refractivity contribution is 9.10. The maximum absolute atomic E-state index is 5.98. The number of benzene rings is 1. The van der Waals surface area contributed by atoms with Gasteiger partial charge >= 0.3 is 0 Å². The van der Waals surface area contributed by atoms with Gasteiger partial charge in [0.15, 0.2) is 0 Å². The molecule has 1 fully saturated rings. The standard InChI is InChI=1S/C15H23BrN2.ClH/c1-11-3-4-13(9-15(11)16)10-18-7-5-14(6-8-18)12(2)17;/h3-4,9,12,14H,5-8,10,17H2,1-2H3;1H. The van der Waals surface area contributed by atoms with Gasteiger partial charge in [-0.2, -0.15) is 0 Å². The Morgan fingerprint density at radius 1 is 1.37 bits per heavy atom. The Labute approximate surface area is 131 Å². The quantitative estimate of drug-likeness (QED) is 0.902. The molecule has 1 atom stereocenters.